The fourth-order valence-corrected chi connectivity index (χ4v) is 4.54. The van der Waals surface area contributed by atoms with Crippen LogP contribution in [0.1, 0.15) is 0 Å². The molecule has 1 spiro atoms. The van der Waals surface area contributed by atoms with Crippen molar-refractivity contribution < 1.29 is 22.7 Å². The molecule has 0 unspecified atom stereocenters. The molecule has 6 heteroatoms. The van der Waals surface area contributed by atoms with Gasteiger partial charge in [-0.15, -0.1) is 0 Å². The van der Waals surface area contributed by atoms with Gasteiger partial charge in [-0.05, 0) is 36.4 Å². The molecular formula is C18H14O5S. The smallest absolute Gasteiger partial charge is 0.335 e. The van der Waals surface area contributed by atoms with Gasteiger partial charge in [0.15, 0.2) is 5.78 Å². The molecule has 0 amide bonds. The maximum Gasteiger partial charge on any atom is 0.335 e. The Balaban J connectivity index is 2.16. The van der Waals surface area contributed by atoms with Gasteiger partial charge in [0.2, 0.25) is 9.84 Å². The maximum atomic E-state index is 13.0. The van der Waals surface area contributed by atoms with Gasteiger partial charge in [-0.1, -0.05) is 30.4 Å². The minimum Gasteiger partial charge on any atom is -0.466 e. The van der Waals surface area contributed by atoms with Crippen molar-refractivity contribution in [2.45, 2.75) is 4.90 Å². The lowest BCUT2D eigenvalue weighted by Gasteiger charge is -2.29. The highest BCUT2D eigenvalue weighted by molar-refractivity contribution is 7.95. The lowest BCUT2D eigenvalue weighted by atomic mass is 9.79. The van der Waals surface area contributed by atoms with E-state index in [0.29, 0.717) is 0 Å². The second-order valence-corrected chi connectivity index (χ2v) is 7.28. The number of benzene rings is 1. The summed E-state index contributed by atoms with van der Waals surface area (Å²) in [5.74, 6) is -0.915. The third kappa shape index (κ3) is 2.35. The van der Waals surface area contributed by atoms with Crippen LogP contribution in [0.5, 0.6) is 0 Å². The summed E-state index contributed by atoms with van der Waals surface area (Å²) < 4.78 is 30.8. The minimum absolute atomic E-state index is 0.0154. The Labute approximate surface area is 139 Å². The molecule has 0 heterocycles. The van der Waals surface area contributed by atoms with Gasteiger partial charge < -0.3 is 4.74 Å². The van der Waals surface area contributed by atoms with Crippen molar-refractivity contribution in [3.63, 3.8) is 0 Å². The number of rotatable bonds is 3. The lowest BCUT2D eigenvalue weighted by molar-refractivity contribution is -0.136. The van der Waals surface area contributed by atoms with Gasteiger partial charge >= 0.3 is 5.97 Å². The number of allylic oxidation sites excluding steroid dienone is 7. The molecule has 0 aromatic heterocycles. The van der Waals surface area contributed by atoms with E-state index in [9.17, 15) is 18.0 Å². The standard InChI is InChI=1S/C18H14O5S/c1-23-17(20)15-7-8-16(18(15)11-9-13(19)10-12-18)24(21,22)14-5-3-2-4-6-14/h2-12H,1H3. The van der Waals surface area contributed by atoms with Crippen molar-refractivity contribution in [2.75, 3.05) is 7.11 Å². The fourth-order valence-electron chi connectivity index (χ4n) is 2.84. The summed E-state index contributed by atoms with van der Waals surface area (Å²) in [5.41, 5.74) is -1.17. The molecule has 0 atom stereocenters. The number of ether oxygens (including phenoxy) is 1. The summed E-state index contributed by atoms with van der Waals surface area (Å²) in [6, 6.07) is 7.94. The zero-order valence-electron chi connectivity index (χ0n) is 12.8. The zero-order valence-corrected chi connectivity index (χ0v) is 13.6. The summed E-state index contributed by atoms with van der Waals surface area (Å²) in [6.45, 7) is 0. The van der Waals surface area contributed by atoms with Crippen molar-refractivity contribution in [3.8, 4) is 0 Å². The van der Waals surface area contributed by atoms with E-state index in [4.69, 9.17) is 4.74 Å². The highest BCUT2D eigenvalue weighted by Gasteiger charge is 2.47. The van der Waals surface area contributed by atoms with Crippen LogP contribution in [0.2, 0.25) is 0 Å². The molecule has 0 radical (unpaired) electrons. The van der Waals surface area contributed by atoms with Crippen LogP contribution in [-0.4, -0.2) is 27.3 Å². The van der Waals surface area contributed by atoms with Gasteiger partial charge in [0.1, 0.15) is 0 Å². The largest absolute Gasteiger partial charge is 0.466 e. The normalized spacial score (nSPS) is 18.5. The number of methoxy groups -OCH3 is 1. The molecule has 0 saturated heterocycles. The van der Waals surface area contributed by atoms with Crippen molar-refractivity contribution in [1.82, 2.24) is 0 Å². The third-order valence-corrected chi connectivity index (χ3v) is 5.97. The van der Waals surface area contributed by atoms with Crippen LogP contribution in [0.15, 0.2) is 82.2 Å². The van der Waals surface area contributed by atoms with Gasteiger partial charge in [-0.25, -0.2) is 13.2 Å². The molecule has 0 fully saturated rings. The molecule has 0 bridgehead atoms. The molecule has 24 heavy (non-hydrogen) atoms. The van der Waals surface area contributed by atoms with Crippen LogP contribution in [0.3, 0.4) is 0 Å². The third-order valence-electron chi connectivity index (χ3n) is 4.02. The molecule has 0 saturated carbocycles. The first-order valence-corrected chi connectivity index (χ1v) is 8.64. The first-order chi connectivity index (χ1) is 11.4. The predicted octanol–water partition coefficient (Wildman–Crippen LogP) is 2.14. The number of carbonyl (C=O) groups is 2. The van der Waals surface area contributed by atoms with Crippen LogP contribution >= 0.6 is 0 Å². The van der Waals surface area contributed by atoms with Crippen molar-refractivity contribution >= 4 is 21.6 Å². The SMILES string of the molecule is COC(=O)C1=CC=C(S(=O)(=O)c2ccccc2)C12C=CC(=O)C=C2. The van der Waals surface area contributed by atoms with Crippen LogP contribution in [0.25, 0.3) is 0 Å². The Kier molecular flexibility index (Phi) is 3.85. The van der Waals surface area contributed by atoms with E-state index in [-0.39, 0.29) is 21.2 Å². The van der Waals surface area contributed by atoms with Crippen LogP contribution in [0.4, 0.5) is 0 Å². The average Bonchev–Trinajstić information content (AvgIpc) is 2.97. The summed E-state index contributed by atoms with van der Waals surface area (Å²) in [5, 5.41) is 0. The molecule has 2 aliphatic rings. The molecule has 2 aliphatic carbocycles. The zero-order chi connectivity index (χ0) is 17.4. The number of hydrogen-bond acceptors (Lipinski definition) is 5. The van der Waals surface area contributed by atoms with E-state index in [1.165, 1.54) is 55.7 Å². The van der Waals surface area contributed by atoms with E-state index < -0.39 is 21.2 Å². The Morgan fingerprint density at radius 1 is 1.04 bits per heavy atom. The summed E-state index contributed by atoms with van der Waals surface area (Å²) >= 11 is 0. The Morgan fingerprint density at radius 3 is 2.25 bits per heavy atom. The number of hydrogen-bond donors (Lipinski definition) is 0. The van der Waals surface area contributed by atoms with E-state index in [1.807, 2.05) is 0 Å². The van der Waals surface area contributed by atoms with E-state index in [2.05, 4.69) is 0 Å². The first-order valence-electron chi connectivity index (χ1n) is 7.15. The second kappa shape index (κ2) is 5.72. The highest BCUT2D eigenvalue weighted by Crippen LogP contribution is 2.48. The topological polar surface area (TPSA) is 77.5 Å². The average molecular weight is 342 g/mol. The Bertz CT molecular complexity index is 915. The fraction of sp³-hybridized carbons (Fsp3) is 0.111. The first kappa shape index (κ1) is 16.1. The molecule has 0 N–H and O–H groups in total. The summed E-state index contributed by atoms with van der Waals surface area (Å²) in [7, 11) is -2.63. The molecule has 1 aromatic carbocycles. The van der Waals surface area contributed by atoms with Crippen LogP contribution < -0.4 is 0 Å². The van der Waals surface area contributed by atoms with Crippen molar-refractivity contribution in [3.05, 3.63) is 77.3 Å². The monoisotopic (exact) mass is 342 g/mol. The Hall–Kier alpha value is -2.73. The highest BCUT2D eigenvalue weighted by atomic mass is 32.2. The summed E-state index contributed by atoms with van der Waals surface area (Å²) in [6.07, 6.45) is 8.19. The second-order valence-electron chi connectivity index (χ2n) is 5.36. The number of esters is 1. The quantitative estimate of drug-likeness (QED) is 0.787. The van der Waals surface area contributed by atoms with Crippen molar-refractivity contribution in [2.24, 2.45) is 5.41 Å². The lowest BCUT2D eigenvalue weighted by Crippen LogP contribution is -2.30. The minimum atomic E-state index is -3.85. The number of sulfone groups is 1. The van der Waals surface area contributed by atoms with E-state index >= 15 is 0 Å². The van der Waals surface area contributed by atoms with Gasteiger partial charge in [-0.2, -0.15) is 0 Å². The van der Waals surface area contributed by atoms with E-state index in [0.717, 1.165) is 0 Å². The molecule has 122 valence electrons. The molecule has 1 aromatic rings. The molecular weight excluding hydrogens is 328 g/mol. The molecule has 5 nitrogen and oxygen atoms in total. The summed E-state index contributed by atoms with van der Waals surface area (Å²) in [4.78, 5) is 23.7. The van der Waals surface area contributed by atoms with E-state index in [1.54, 1.807) is 18.2 Å². The van der Waals surface area contributed by atoms with Gasteiger partial charge in [0, 0.05) is 0 Å². The van der Waals surface area contributed by atoms with Gasteiger partial charge in [0.05, 0.1) is 27.9 Å². The van der Waals surface area contributed by atoms with Crippen molar-refractivity contribution in [1.29, 1.82) is 0 Å². The maximum absolute atomic E-state index is 13.0. The van der Waals surface area contributed by atoms with Crippen LogP contribution in [-0.2, 0) is 24.2 Å². The Morgan fingerprint density at radius 2 is 1.67 bits per heavy atom. The number of ketones is 1. The molecule has 0 aliphatic heterocycles. The van der Waals surface area contributed by atoms with Crippen LogP contribution in [0, 0.1) is 5.41 Å². The number of carbonyl (C=O) groups excluding carboxylic acids is 2. The van der Waals surface area contributed by atoms with Gasteiger partial charge in [-0.3, -0.25) is 4.79 Å². The van der Waals surface area contributed by atoms with Gasteiger partial charge in [0.25, 0.3) is 0 Å². The predicted molar refractivity (Wildman–Crippen MR) is 87.5 cm³/mol. The molecule has 3 rings (SSSR count).